The highest BCUT2D eigenvalue weighted by molar-refractivity contribution is 5.85. The third-order valence-corrected chi connectivity index (χ3v) is 2.59. The Morgan fingerprint density at radius 1 is 1.23 bits per heavy atom. The van der Waals surface area contributed by atoms with E-state index in [9.17, 15) is 19.8 Å². The maximum atomic E-state index is 11.6. The molecule has 1 aromatic carbocycles. The van der Waals surface area contributed by atoms with Crippen LogP contribution in [0.1, 0.15) is 18.6 Å². The zero-order valence-corrected chi connectivity index (χ0v) is 12.6. The molecule has 0 amide bonds. The van der Waals surface area contributed by atoms with Gasteiger partial charge >= 0.3 is 11.9 Å². The highest BCUT2D eigenvalue weighted by Crippen LogP contribution is 2.28. The standard InChI is InChI=1S/C13H17NO7.ClH/c1-2-20-10(17)6-21-13(19)11(14)12(18)7-3-4-8(15)9(16)5-7;/h3-5,11-12,15-16,18H,2,6,14H2,1H3;1H/t11-,12?;/m0./s1. The molecule has 0 aliphatic heterocycles. The van der Waals surface area contributed by atoms with Crippen molar-refractivity contribution >= 4 is 24.3 Å². The van der Waals surface area contributed by atoms with E-state index in [0.29, 0.717) is 0 Å². The molecule has 0 saturated carbocycles. The molecule has 0 spiro atoms. The lowest BCUT2D eigenvalue weighted by molar-refractivity contribution is -0.160. The van der Waals surface area contributed by atoms with Gasteiger partial charge in [-0.3, -0.25) is 4.79 Å². The van der Waals surface area contributed by atoms with Crippen molar-refractivity contribution in [1.29, 1.82) is 0 Å². The number of phenolic OH excluding ortho intramolecular Hbond substituents is 2. The van der Waals surface area contributed by atoms with Gasteiger partial charge in [-0.05, 0) is 24.6 Å². The molecule has 0 fully saturated rings. The molecule has 0 heterocycles. The summed E-state index contributed by atoms with van der Waals surface area (Å²) < 4.78 is 9.17. The number of ether oxygens (including phenoxy) is 2. The summed E-state index contributed by atoms with van der Waals surface area (Å²) in [5.41, 5.74) is 5.64. The zero-order chi connectivity index (χ0) is 16.0. The summed E-state index contributed by atoms with van der Waals surface area (Å²) in [6, 6.07) is 2.05. The summed E-state index contributed by atoms with van der Waals surface area (Å²) in [7, 11) is 0. The number of hydrogen-bond acceptors (Lipinski definition) is 8. The number of esters is 2. The Kier molecular flexibility index (Phi) is 8.24. The maximum Gasteiger partial charge on any atom is 0.344 e. The molecule has 0 bridgehead atoms. The molecule has 22 heavy (non-hydrogen) atoms. The zero-order valence-electron chi connectivity index (χ0n) is 11.8. The molecule has 0 aliphatic rings. The molecule has 1 aromatic rings. The van der Waals surface area contributed by atoms with Gasteiger partial charge in [0.05, 0.1) is 6.61 Å². The smallest absolute Gasteiger partial charge is 0.344 e. The van der Waals surface area contributed by atoms with E-state index < -0.39 is 36.4 Å². The van der Waals surface area contributed by atoms with Gasteiger partial charge in [-0.1, -0.05) is 6.07 Å². The minimum Gasteiger partial charge on any atom is -0.504 e. The first-order chi connectivity index (χ1) is 9.86. The van der Waals surface area contributed by atoms with Crippen LogP contribution in [0, 0.1) is 0 Å². The Bertz CT molecular complexity index is 523. The van der Waals surface area contributed by atoms with Crippen LogP contribution in [0.2, 0.25) is 0 Å². The second-order valence-corrected chi connectivity index (χ2v) is 4.13. The van der Waals surface area contributed by atoms with Crippen molar-refractivity contribution in [2.24, 2.45) is 5.73 Å². The quantitative estimate of drug-likeness (QED) is 0.420. The number of hydrogen-bond donors (Lipinski definition) is 4. The molecule has 124 valence electrons. The lowest BCUT2D eigenvalue weighted by Gasteiger charge is -2.18. The van der Waals surface area contributed by atoms with E-state index in [2.05, 4.69) is 9.47 Å². The van der Waals surface area contributed by atoms with E-state index in [4.69, 9.17) is 10.8 Å². The van der Waals surface area contributed by atoms with Crippen molar-refractivity contribution in [3.8, 4) is 11.5 Å². The Morgan fingerprint density at radius 3 is 2.41 bits per heavy atom. The molecule has 5 N–H and O–H groups in total. The molecule has 0 aliphatic carbocycles. The van der Waals surface area contributed by atoms with Gasteiger partial charge in [0, 0.05) is 0 Å². The fraction of sp³-hybridized carbons (Fsp3) is 0.385. The number of phenols is 2. The van der Waals surface area contributed by atoms with Crippen LogP contribution in [0.25, 0.3) is 0 Å². The fourth-order valence-corrected chi connectivity index (χ4v) is 1.49. The van der Waals surface area contributed by atoms with E-state index >= 15 is 0 Å². The summed E-state index contributed by atoms with van der Waals surface area (Å²) in [6.07, 6.45) is -1.47. The topological polar surface area (TPSA) is 139 Å². The lowest BCUT2D eigenvalue weighted by Crippen LogP contribution is -2.39. The SMILES string of the molecule is CCOC(=O)COC(=O)[C@@H](N)C(O)c1ccc(O)c(O)c1.Cl. The van der Waals surface area contributed by atoms with Gasteiger partial charge < -0.3 is 30.5 Å². The predicted octanol–water partition coefficient (Wildman–Crippen LogP) is -0.0134. The summed E-state index contributed by atoms with van der Waals surface area (Å²) in [5, 5.41) is 28.4. The van der Waals surface area contributed by atoms with E-state index in [-0.39, 0.29) is 30.3 Å². The molecule has 1 rings (SSSR count). The van der Waals surface area contributed by atoms with Crippen LogP contribution in [0.15, 0.2) is 18.2 Å². The third-order valence-electron chi connectivity index (χ3n) is 2.59. The van der Waals surface area contributed by atoms with Crippen molar-refractivity contribution in [2.45, 2.75) is 19.1 Å². The van der Waals surface area contributed by atoms with E-state index in [1.165, 1.54) is 6.07 Å². The summed E-state index contributed by atoms with van der Waals surface area (Å²) >= 11 is 0. The summed E-state index contributed by atoms with van der Waals surface area (Å²) in [4.78, 5) is 22.6. The molecule has 0 radical (unpaired) electrons. The van der Waals surface area contributed by atoms with Gasteiger partial charge in [0.15, 0.2) is 18.1 Å². The molecule has 8 nitrogen and oxygen atoms in total. The average Bonchev–Trinajstić information content (AvgIpc) is 2.46. The van der Waals surface area contributed by atoms with E-state index in [1.807, 2.05) is 0 Å². The second-order valence-electron chi connectivity index (χ2n) is 4.13. The average molecular weight is 336 g/mol. The van der Waals surface area contributed by atoms with Crippen LogP contribution in [0.5, 0.6) is 11.5 Å². The molecular weight excluding hydrogens is 318 g/mol. The second kappa shape index (κ2) is 9.08. The number of nitrogens with two attached hydrogens (primary N) is 1. The lowest BCUT2D eigenvalue weighted by atomic mass is 10.0. The van der Waals surface area contributed by atoms with Crippen LogP contribution >= 0.6 is 12.4 Å². The normalized spacial score (nSPS) is 12.7. The first kappa shape index (κ1) is 20.0. The monoisotopic (exact) mass is 335 g/mol. The minimum atomic E-state index is -1.47. The Labute approximate surface area is 132 Å². The van der Waals surface area contributed by atoms with Crippen molar-refractivity contribution in [2.75, 3.05) is 13.2 Å². The highest BCUT2D eigenvalue weighted by Gasteiger charge is 2.27. The Balaban J connectivity index is 0.00000441. The molecular formula is C13H18ClNO7. The largest absolute Gasteiger partial charge is 0.504 e. The first-order valence-corrected chi connectivity index (χ1v) is 6.14. The van der Waals surface area contributed by atoms with E-state index in [1.54, 1.807) is 6.92 Å². The molecule has 9 heteroatoms. The van der Waals surface area contributed by atoms with Gasteiger partial charge in [-0.15, -0.1) is 12.4 Å². The Morgan fingerprint density at radius 2 is 1.86 bits per heavy atom. The van der Waals surface area contributed by atoms with Crippen molar-refractivity contribution < 1.29 is 34.4 Å². The van der Waals surface area contributed by atoms with Crippen LogP contribution in [0.4, 0.5) is 0 Å². The molecule has 1 unspecified atom stereocenters. The molecule has 2 atom stereocenters. The number of carbonyl (C=O) groups is 2. The first-order valence-electron chi connectivity index (χ1n) is 6.14. The third kappa shape index (κ3) is 5.40. The van der Waals surface area contributed by atoms with Gasteiger partial charge in [0.1, 0.15) is 12.1 Å². The van der Waals surface area contributed by atoms with Crippen LogP contribution in [-0.4, -0.2) is 46.5 Å². The van der Waals surface area contributed by atoms with Gasteiger partial charge in [0.2, 0.25) is 0 Å². The molecule has 0 saturated heterocycles. The number of halogens is 1. The van der Waals surface area contributed by atoms with Crippen LogP contribution in [0.3, 0.4) is 0 Å². The van der Waals surface area contributed by atoms with Crippen LogP contribution < -0.4 is 5.73 Å². The summed E-state index contributed by atoms with van der Waals surface area (Å²) in [5.74, 6) is -2.55. The van der Waals surface area contributed by atoms with Crippen LogP contribution in [-0.2, 0) is 19.1 Å². The van der Waals surface area contributed by atoms with Gasteiger partial charge in [-0.2, -0.15) is 0 Å². The Hall–Kier alpha value is -2.03. The van der Waals surface area contributed by atoms with E-state index in [0.717, 1.165) is 12.1 Å². The molecule has 0 aromatic heterocycles. The van der Waals surface area contributed by atoms with Crippen molar-refractivity contribution in [3.63, 3.8) is 0 Å². The number of aliphatic hydroxyl groups is 1. The number of aliphatic hydroxyl groups excluding tert-OH is 1. The number of benzene rings is 1. The van der Waals surface area contributed by atoms with Gasteiger partial charge in [0.25, 0.3) is 0 Å². The summed E-state index contributed by atoms with van der Waals surface area (Å²) in [6.45, 7) is 1.15. The number of aromatic hydroxyl groups is 2. The maximum absolute atomic E-state index is 11.6. The number of rotatable bonds is 6. The fourth-order valence-electron chi connectivity index (χ4n) is 1.49. The highest BCUT2D eigenvalue weighted by atomic mass is 35.5. The number of carbonyl (C=O) groups excluding carboxylic acids is 2. The predicted molar refractivity (Wildman–Crippen MR) is 77.5 cm³/mol. The van der Waals surface area contributed by atoms with Crippen molar-refractivity contribution in [3.05, 3.63) is 23.8 Å². The van der Waals surface area contributed by atoms with Crippen molar-refractivity contribution in [1.82, 2.24) is 0 Å². The minimum absolute atomic E-state index is 0. The van der Waals surface area contributed by atoms with Gasteiger partial charge in [-0.25, -0.2) is 4.79 Å².